The lowest BCUT2D eigenvalue weighted by Crippen LogP contribution is -2.71. The molecule has 0 N–H and O–H groups in total. The molecule has 24 heavy (non-hydrogen) atoms. The number of aliphatic imine (C=N–C) groups is 1. The van der Waals surface area contributed by atoms with E-state index in [1.807, 2.05) is 42.2 Å². The van der Waals surface area contributed by atoms with E-state index >= 15 is 8.63 Å². The highest BCUT2D eigenvalue weighted by Crippen LogP contribution is 2.35. The third-order valence-corrected chi connectivity index (χ3v) is 4.66. The highest BCUT2D eigenvalue weighted by Gasteiger charge is 2.54. The largest absolute Gasteiger partial charge is 0.642 e. The molecule has 0 unspecified atom stereocenters. The van der Waals surface area contributed by atoms with Gasteiger partial charge in [-0.1, -0.05) is 36.4 Å². The van der Waals surface area contributed by atoms with Crippen LogP contribution in [-0.2, 0) is 6.54 Å². The second kappa shape index (κ2) is 5.16. The number of benzene rings is 1. The van der Waals surface area contributed by atoms with Crippen LogP contribution in [0.4, 0.5) is 14.4 Å². The number of hydrogen-bond donors (Lipinski definition) is 0. The maximum absolute atomic E-state index is 15.1. The van der Waals surface area contributed by atoms with Gasteiger partial charge in [-0.05, 0) is 30.5 Å². The molecule has 0 radical (unpaired) electrons. The van der Waals surface area contributed by atoms with Crippen molar-refractivity contribution in [2.24, 2.45) is 4.99 Å². The van der Waals surface area contributed by atoms with Crippen LogP contribution in [0.1, 0.15) is 19.4 Å². The van der Waals surface area contributed by atoms with Crippen LogP contribution in [0, 0.1) is 0 Å². The van der Waals surface area contributed by atoms with Gasteiger partial charge in [0.1, 0.15) is 0 Å². The Morgan fingerprint density at radius 3 is 2.46 bits per heavy atom. The van der Waals surface area contributed by atoms with E-state index in [2.05, 4.69) is 4.99 Å². The second-order valence-corrected chi connectivity index (χ2v) is 6.08. The Morgan fingerprint density at radius 1 is 1.00 bits per heavy atom. The van der Waals surface area contributed by atoms with Crippen molar-refractivity contribution in [2.45, 2.75) is 20.4 Å². The van der Waals surface area contributed by atoms with Crippen molar-refractivity contribution >= 4 is 18.7 Å². The Hall–Kier alpha value is -2.70. The summed E-state index contributed by atoms with van der Waals surface area (Å²) in [4.78, 5) is 7.44. The quantitative estimate of drug-likeness (QED) is 0.791. The molecule has 4 rings (SSSR count). The minimum atomic E-state index is -3.95. The lowest BCUT2D eigenvalue weighted by Gasteiger charge is -2.37. The Morgan fingerprint density at radius 2 is 1.71 bits per heavy atom. The van der Waals surface area contributed by atoms with Crippen molar-refractivity contribution in [1.29, 1.82) is 0 Å². The van der Waals surface area contributed by atoms with Gasteiger partial charge in [-0.2, -0.15) is 0 Å². The molecule has 1 aromatic heterocycles. The van der Waals surface area contributed by atoms with Crippen LogP contribution < -0.4 is 4.48 Å². The van der Waals surface area contributed by atoms with E-state index < -0.39 is 6.97 Å². The summed E-state index contributed by atoms with van der Waals surface area (Å²) >= 11 is 0. The monoisotopic (exact) mass is 326 g/mol. The Labute approximate surface area is 139 Å². The van der Waals surface area contributed by atoms with Crippen LogP contribution in [0.15, 0.2) is 71.1 Å². The molecule has 4 nitrogen and oxygen atoms in total. The number of pyridine rings is 1. The van der Waals surface area contributed by atoms with Crippen LogP contribution in [0.25, 0.3) is 0 Å². The van der Waals surface area contributed by atoms with Gasteiger partial charge in [-0.15, -0.1) is 0 Å². The van der Waals surface area contributed by atoms with Crippen molar-refractivity contribution in [3.63, 3.8) is 0 Å². The summed E-state index contributed by atoms with van der Waals surface area (Å²) < 4.78 is 31.2. The summed E-state index contributed by atoms with van der Waals surface area (Å²) in [5, 5.41) is 0. The fraction of sp³-hybridized carbons (Fsp3) is 0.176. The van der Waals surface area contributed by atoms with Gasteiger partial charge in [-0.3, -0.25) is 4.90 Å². The molecular formula is C17H17BF2N4. The van der Waals surface area contributed by atoms with Crippen LogP contribution in [0.5, 0.6) is 0 Å². The first kappa shape index (κ1) is 14.9. The van der Waals surface area contributed by atoms with Crippen LogP contribution >= 0.6 is 0 Å². The molecule has 2 aromatic rings. The first-order chi connectivity index (χ1) is 11.5. The number of rotatable bonds is 2. The van der Waals surface area contributed by atoms with Crippen molar-refractivity contribution < 1.29 is 13.1 Å². The molecule has 7 heteroatoms. The normalized spacial score (nSPS) is 18.4. The summed E-state index contributed by atoms with van der Waals surface area (Å²) in [5.74, 6) is 0.569. The third-order valence-electron chi connectivity index (χ3n) is 4.66. The molecule has 0 aliphatic carbocycles. The summed E-state index contributed by atoms with van der Waals surface area (Å²) in [6, 6.07) is 14.7. The molecule has 0 spiro atoms. The Kier molecular flexibility index (Phi) is 3.20. The van der Waals surface area contributed by atoms with Gasteiger partial charge in [0.05, 0.1) is 6.54 Å². The molecule has 2 aliphatic rings. The summed E-state index contributed by atoms with van der Waals surface area (Å²) in [6.45, 7) is 0.143. The summed E-state index contributed by atoms with van der Waals surface area (Å²) in [6.07, 6.45) is 1.39. The molecule has 3 heterocycles. The van der Waals surface area contributed by atoms with Gasteiger partial charge in [0.25, 0.3) is 11.8 Å². The SMILES string of the molecule is CC1=C(C)N2C(=Nc3cccc[n+]3[B-]2(F)F)N1Cc1ccccc1. The highest BCUT2D eigenvalue weighted by atomic mass is 19.2. The average Bonchev–Trinajstić information content (AvgIpc) is 2.81. The first-order valence-corrected chi connectivity index (χ1v) is 7.90. The van der Waals surface area contributed by atoms with E-state index in [0.717, 1.165) is 20.5 Å². The van der Waals surface area contributed by atoms with Crippen molar-refractivity contribution in [1.82, 2.24) is 9.71 Å². The predicted octanol–water partition coefficient (Wildman–Crippen LogP) is 3.27. The number of guanidine groups is 1. The number of fused-ring (bicyclic) bond motifs is 2. The van der Waals surface area contributed by atoms with Gasteiger partial charge >= 0.3 is 6.97 Å². The predicted molar refractivity (Wildman–Crippen MR) is 89.3 cm³/mol. The molecule has 0 atom stereocenters. The van der Waals surface area contributed by atoms with Gasteiger partial charge in [-0.25, -0.2) is 0 Å². The molecule has 122 valence electrons. The Bertz CT molecular complexity index is 864. The zero-order chi connectivity index (χ0) is 16.9. The smallest absolute Gasteiger partial charge is 0.414 e. The summed E-state index contributed by atoms with van der Waals surface area (Å²) in [5.41, 5.74) is 2.39. The number of hydrogen-bond acceptors (Lipinski definition) is 3. The Balaban J connectivity index is 1.83. The van der Waals surface area contributed by atoms with Crippen LogP contribution in [0.2, 0.25) is 0 Å². The van der Waals surface area contributed by atoms with E-state index in [4.69, 9.17) is 0 Å². The number of halogens is 2. The molecule has 0 fully saturated rings. The fourth-order valence-electron chi connectivity index (χ4n) is 3.27. The highest BCUT2D eigenvalue weighted by molar-refractivity contribution is 6.58. The van der Waals surface area contributed by atoms with Gasteiger partial charge < -0.3 is 17.9 Å². The lowest BCUT2D eigenvalue weighted by atomic mass is 9.91. The number of nitrogens with zero attached hydrogens (tertiary/aromatic N) is 4. The van der Waals surface area contributed by atoms with Crippen LogP contribution in [0.3, 0.4) is 0 Å². The maximum Gasteiger partial charge on any atom is 0.642 e. The molecule has 0 saturated heterocycles. The second-order valence-electron chi connectivity index (χ2n) is 6.08. The molecule has 1 aromatic carbocycles. The van der Waals surface area contributed by atoms with E-state index in [1.54, 1.807) is 25.1 Å². The molecule has 0 amide bonds. The molecule has 0 bridgehead atoms. The van der Waals surface area contributed by atoms with Crippen molar-refractivity contribution in [3.05, 3.63) is 71.7 Å². The zero-order valence-electron chi connectivity index (χ0n) is 13.5. The van der Waals surface area contributed by atoms with Gasteiger partial charge in [0, 0.05) is 23.7 Å². The van der Waals surface area contributed by atoms with E-state index in [1.165, 1.54) is 6.20 Å². The molecule has 0 saturated carbocycles. The van der Waals surface area contributed by atoms with Gasteiger partial charge in [0.2, 0.25) is 0 Å². The summed E-state index contributed by atoms with van der Waals surface area (Å²) in [7, 11) is 0. The minimum Gasteiger partial charge on any atom is -0.414 e. The number of aromatic nitrogens is 1. The molecular weight excluding hydrogens is 309 g/mol. The van der Waals surface area contributed by atoms with Crippen LogP contribution in [-0.4, -0.2) is 22.6 Å². The molecule has 2 aliphatic heterocycles. The van der Waals surface area contributed by atoms with E-state index in [-0.39, 0.29) is 5.82 Å². The van der Waals surface area contributed by atoms with E-state index in [0.29, 0.717) is 18.2 Å². The maximum atomic E-state index is 15.1. The van der Waals surface area contributed by atoms with E-state index in [9.17, 15) is 0 Å². The van der Waals surface area contributed by atoms with Gasteiger partial charge in [0.15, 0.2) is 0 Å². The average molecular weight is 326 g/mol. The zero-order valence-corrected chi connectivity index (χ0v) is 13.5. The minimum absolute atomic E-state index is 0.273. The first-order valence-electron chi connectivity index (χ1n) is 7.90. The lowest BCUT2D eigenvalue weighted by molar-refractivity contribution is -0.561. The standard InChI is InChI=1S/C17H17BF2N4/c1-13-14(2)24-17(22(13)12-15-8-4-3-5-9-15)21-16-10-6-7-11-23(16)18(24,19)20/h3-11H,12H2,1-2H3. The van der Waals surface area contributed by atoms with Crippen molar-refractivity contribution in [3.8, 4) is 0 Å². The number of allylic oxidation sites excluding steroid dienone is 2. The fourth-order valence-corrected chi connectivity index (χ4v) is 3.27. The van der Waals surface area contributed by atoms with Crippen molar-refractivity contribution in [2.75, 3.05) is 0 Å². The topological polar surface area (TPSA) is 22.7 Å². The third kappa shape index (κ3) is 2.04.